The molecular weight excluding hydrogens is 330 g/mol. The fourth-order valence-electron chi connectivity index (χ4n) is 3.52. The summed E-state index contributed by atoms with van der Waals surface area (Å²) in [4.78, 5) is 38.2. The van der Waals surface area contributed by atoms with Gasteiger partial charge < -0.3 is 15.5 Å². The highest BCUT2D eigenvalue weighted by Crippen LogP contribution is 2.33. The number of anilines is 3. The van der Waals surface area contributed by atoms with Gasteiger partial charge in [-0.15, -0.1) is 0 Å². The largest absolute Gasteiger partial charge is 0.326 e. The van der Waals surface area contributed by atoms with Crippen molar-refractivity contribution in [1.82, 2.24) is 0 Å². The van der Waals surface area contributed by atoms with Gasteiger partial charge in [0.2, 0.25) is 17.7 Å². The molecular formula is C20H19N3O3. The fraction of sp³-hybridized carbons (Fsp3) is 0.250. The van der Waals surface area contributed by atoms with Crippen LogP contribution in [0.1, 0.15) is 30.7 Å². The van der Waals surface area contributed by atoms with Crippen molar-refractivity contribution in [3.8, 4) is 0 Å². The van der Waals surface area contributed by atoms with Crippen molar-refractivity contribution < 1.29 is 14.4 Å². The molecule has 2 heterocycles. The van der Waals surface area contributed by atoms with Crippen LogP contribution in [0, 0.1) is 0 Å². The fourth-order valence-corrected chi connectivity index (χ4v) is 3.52. The first-order chi connectivity index (χ1) is 12.6. The number of hydrogen-bond donors (Lipinski definition) is 2. The van der Waals surface area contributed by atoms with Gasteiger partial charge in [0.15, 0.2) is 0 Å². The molecule has 1 saturated heterocycles. The summed E-state index contributed by atoms with van der Waals surface area (Å²) < 4.78 is 0. The molecule has 4 rings (SSSR count). The summed E-state index contributed by atoms with van der Waals surface area (Å²) in [5.74, 6) is -0.754. The molecule has 3 amide bonds. The van der Waals surface area contributed by atoms with Crippen LogP contribution >= 0.6 is 0 Å². The minimum Gasteiger partial charge on any atom is -0.326 e. The lowest BCUT2D eigenvalue weighted by Crippen LogP contribution is -2.30. The van der Waals surface area contributed by atoms with Gasteiger partial charge in [0.05, 0.1) is 5.92 Å². The normalized spacial score (nSPS) is 19.1. The number of hydrogen-bond acceptors (Lipinski definition) is 3. The summed E-state index contributed by atoms with van der Waals surface area (Å²) in [6.45, 7) is 0.735. The van der Waals surface area contributed by atoms with Crippen LogP contribution in [0.3, 0.4) is 0 Å². The number of para-hydroxylation sites is 1. The maximum absolute atomic E-state index is 12.7. The van der Waals surface area contributed by atoms with E-state index in [2.05, 4.69) is 10.6 Å². The third-order valence-electron chi connectivity index (χ3n) is 4.84. The molecule has 0 aromatic heterocycles. The number of nitrogens with one attached hydrogen (secondary N) is 2. The van der Waals surface area contributed by atoms with E-state index in [9.17, 15) is 14.4 Å². The van der Waals surface area contributed by atoms with E-state index in [-0.39, 0.29) is 24.1 Å². The van der Waals surface area contributed by atoms with Gasteiger partial charge in [-0.25, -0.2) is 0 Å². The molecule has 6 nitrogen and oxygen atoms in total. The van der Waals surface area contributed by atoms with Gasteiger partial charge in [0.1, 0.15) is 0 Å². The number of rotatable bonds is 3. The highest BCUT2D eigenvalue weighted by molar-refractivity contribution is 6.05. The van der Waals surface area contributed by atoms with Crippen molar-refractivity contribution in [2.24, 2.45) is 0 Å². The lowest BCUT2D eigenvalue weighted by Gasteiger charge is -2.24. The number of benzene rings is 2. The second kappa shape index (κ2) is 6.63. The average Bonchev–Trinajstić information content (AvgIpc) is 3.07. The molecule has 0 radical (unpaired) electrons. The molecule has 0 unspecified atom stereocenters. The summed E-state index contributed by atoms with van der Waals surface area (Å²) in [5, 5.41) is 5.67. The first-order valence-electron chi connectivity index (χ1n) is 8.72. The first kappa shape index (κ1) is 16.3. The van der Waals surface area contributed by atoms with E-state index >= 15 is 0 Å². The first-order valence-corrected chi connectivity index (χ1v) is 8.72. The zero-order chi connectivity index (χ0) is 18.1. The van der Waals surface area contributed by atoms with Crippen molar-refractivity contribution in [3.63, 3.8) is 0 Å². The number of carbonyl (C=O) groups excluding carboxylic acids is 3. The molecule has 0 bridgehead atoms. The molecule has 6 heteroatoms. The molecule has 0 saturated carbocycles. The zero-order valence-corrected chi connectivity index (χ0v) is 14.2. The van der Waals surface area contributed by atoms with Crippen molar-refractivity contribution in [1.29, 1.82) is 0 Å². The van der Waals surface area contributed by atoms with Crippen LogP contribution in [0.2, 0.25) is 0 Å². The van der Waals surface area contributed by atoms with Gasteiger partial charge in [-0.3, -0.25) is 14.4 Å². The maximum Gasteiger partial charge on any atom is 0.232 e. The Morgan fingerprint density at radius 3 is 2.58 bits per heavy atom. The Morgan fingerprint density at radius 1 is 1.08 bits per heavy atom. The topological polar surface area (TPSA) is 78.5 Å². The smallest absolute Gasteiger partial charge is 0.232 e. The van der Waals surface area contributed by atoms with Gasteiger partial charge >= 0.3 is 0 Å². The van der Waals surface area contributed by atoms with Crippen LogP contribution in [0.5, 0.6) is 0 Å². The molecule has 2 aliphatic heterocycles. The summed E-state index contributed by atoms with van der Waals surface area (Å²) >= 11 is 0. The molecule has 1 fully saturated rings. The van der Waals surface area contributed by atoms with Gasteiger partial charge in [-0.1, -0.05) is 18.2 Å². The maximum atomic E-state index is 12.7. The van der Waals surface area contributed by atoms with Crippen LogP contribution in [-0.2, 0) is 14.4 Å². The quantitative estimate of drug-likeness (QED) is 0.894. The van der Waals surface area contributed by atoms with Crippen LogP contribution in [-0.4, -0.2) is 24.3 Å². The zero-order valence-electron chi connectivity index (χ0n) is 14.2. The summed E-state index contributed by atoms with van der Waals surface area (Å²) in [6, 6.07) is 14.6. The molecule has 2 aliphatic rings. The van der Waals surface area contributed by atoms with E-state index < -0.39 is 5.92 Å². The molecule has 2 aromatic rings. The van der Waals surface area contributed by atoms with Crippen LogP contribution in [0.25, 0.3) is 0 Å². The molecule has 0 spiro atoms. The second-order valence-electron chi connectivity index (χ2n) is 6.58. The van der Waals surface area contributed by atoms with Gasteiger partial charge in [0, 0.05) is 36.4 Å². The van der Waals surface area contributed by atoms with Gasteiger partial charge in [0.25, 0.3) is 0 Å². The monoisotopic (exact) mass is 349 g/mol. The Morgan fingerprint density at radius 2 is 1.85 bits per heavy atom. The molecule has 2 N–H and O–H groups in total. The van der Waals surface area contributed by atoms with E-state index in [1.807, 2.05) is 30.3 Å². The van der Waals surface area contributed by atoms with E-state index in [0.717, 1.165) is 24.2 Å². The minimum atomic E-state index is -0.514. The minimum absolute atomic E-state index is 0.128. The number of carbonyl (C=O) groups is 3. The molecule has 0 aliphatic carbocycles. The lowest BCUT2D eigenvalue weighted by atomic mass is 9.90. The molecule has 2 aromatic carbocycles. The third kappa shape index (κ3) is 3.06. The van der Waals surface area contributed by atoms with Crippen molar-refractivity contribution >= 4 is 34.8 Å². The van der Waals surface area contributed by atoms with Crippen LogP contribution < -0.4 is 15.5 Å². The highest BCUT2D eigenvalue weighted by Gasteiger charge is 2.30. The standard InChI is InChI=1S/C20H19N3O3/c24-18-12-16(15-4-1-2-5-17(15)22-18)20(26)21-13-7-9-14(10-8-13)23-11-3-6-19(23)25/h1-2,4-5,7-10,16H,3,6,11-12H2,(H,21,26)(H,22,24)/t16-/m0/s1. The van der Waals surface area contributed by atoms with Crippen molar-refractivity contribution in [2.75, 3.05) is 22.1 Å². The Kier molecular flexibility index (Phi) is 4.16. The average molecular weight is 349 g/mol. The number of amides is 3. The van der Waals surface area contributed by atoms with E-state index in [1.54, 1.807) is 23.1 Å². The third-order valence-corrected chi connectivity index (χ3v) is 4.84. The van der Waals surface area contributed by atoms with Crippen LogP contribution in [0.15, 0.2) is 48.5 Å². The Hall–Kier alpha value is -3.15. The second-order valence-corrected chi connectivity index (χ2v) is 6.58. The molecule has 132 valence electrons. The number of nitrogens with zero attached hydrogens (tertiary/aromatic N) is 1. The predicted molar refractivity (Wildman–Crippen MR) is 99.1 cm³/mol. The summed E-state index contributed by atoms with van der Waals surface area (Å²) in [5.41, 5.74) is 3.00. The summed E-state index contributed by atoms with van der Waals surface area (Å²) in [7, 11) is 0. The Bertz CT molecular complexity index is 876. The molecule has 1 atom stereocenters. The number of fused-ring (bicyclic) bond motifs is 1. The lowest BCUT2D eigenvalue weighted by molar-refractivity contribution is -0.123. The van der Waals surface area contributed by atoms with Crippen LogP contribution in [0.4, 0.5) is 17.1 Å². The van der Waals surface area contributed by atoms with E-state index in [0.29, 0.717) is 17.8 Å². The van der Waals surface area contributed by atoms with Gasteiger partial charge in [-0.2, -0.15) is 0 Å². The van der Waals surface area contributed by atoms with Crippen molar-refractivity contribution in [3.05, 3.63) is 54.1 Å². The van der Waals surface area contributed by atoms with Gasteiger partial charge in [-0.05, 0) is 42.3 Å². The molecule has 26 heavy (non-hydrogen) atoms. The van der Waals surface area contributed by atoms with E-state index in [1.165, 1.54) is 0 Å². The Labute approximate surface area is 151 Å². The summed E-state index contributed by atoms with van der Waals surface area (Å²) in [6.07, 6.45) is 1.59. The Balaban J connectivity index is 1.50. The predicted octanol–water partition coefficient (Wildman–Crippen LogP) is 2.88. The highest BCUT2D eigenvalue weighted by atomic mass is 16.2. The van der Waals surface area contributed by atoms with Crippen molar-refractivity contribution in [2.45, 2.75) is 25.2 Å². The van der Waals surface area contributed by atoms with E-state index in [4.69, 9.17) is 0 Å². The SMILES string of the molecule is O=C1C[C@H](C(=O)Nc2ccc(N3CCCC3=O)cc2)c2ccccc2N1.